The number of aromatic nitrogens is 1. The first-order valence-corrected chi connectivity index (χ1v) is 8.55. The van der Waals surface area contributed by atoms with E-state index in [1.165, 1.54) is 11.3 Å². The Kier molecular flexibility index (Phi) is 4.97. The highest BCUT2D eigenvalue weighted by molar-refractivity contribution is 7.17. The minimum absolute atomic E-state index is 0.00679. The van der Waals surface area contributed by atoms with Crippen molar-refractivity contribution in [2.45, 2.75) is 19.4 Å². The van der Waals surface area contributed by atoms with Crippen molar-refractivity contribution in [3.05, 3.63) is 39.4 Å². The number of carbonyl (C=O) groups excluding carboxylic acids is 2. The normalized spacial score (nSPS) is 15.6. The van der Waals surface area contributed by atoms with Crippen molar-refractivity contribution >= 4 is 34.8 Å². The first kappa shape index (κ1) is 16.0. The van der Waals surface area contributed by atoms with Crippen molar-refractivity contribution in [1.29, 1.82) is 0 Å². The maximum atomic E-state index is 12.3. The molecule has 0 unspecified atom stereocenters. The number of likely N-dealkylation sites (tertiary alicyclic amines) is 1. The Labute approximate surface area is 142 Å². The fraction of sp³-hybridized carbons (Fsp3) is 0.400. The standard InChI is InChI=1S/C15H16ClN3O3S/c16-13-2-1-12(23-13)15(21)19-7-4-10(5-8-19)14(20)17-9-11-3-6-18-22-11/h1-3,6,10H,4-5,7-9H2,(H,17,20). The summed E-state index contributed by atoms with van der Waals surface area (Å²) in [5.41, 5.74) is 0. The van der Waals surface area contributed by atoms with Crippen LogP contribution in [-0.4, -0.2) is 35.0 Å². The first-order chi connectivity index (χ1) is 11.1. The van der Waals surface area contributed by atoms with E-state index in [-0.39, 0.29) is 17.7 Å². The molecule has 122 valence electrons. The molecule has 0 aromatic carbocycles. The molecule has 0 radical (unpaired) electrons. The number of rotatable bonds is 4. The lowest BCUT2D eigenvalue weighted by molar-refractivity contribution is -0.126. The Hall–Kier alpha value is -1.86. The lowest BCUT2D eigenvalue weighted by atomic mass is 9.96. The van der Waals surface area contributed by atoms with Gasteiger partial charge in [-0.25, -0.2) is 0 Å². The van der Waals surface area contributed by atoms with E-state index in [1.54, 1.807) is 29.3 Å². The Balaban J connectivity index is 1.48. The third-order valence-electron chi connectivity index (χ3n) is 3.87. The number of thiophene rings is 1. The van der Waals surface area contributed by atoms with E-state index < -0.39 is 0 Å². The van der Waals surface area contributed by atoms with Crippen LogP contribution in [0.3, 0.4) is 0 Å². The molecule has 1 N–H and O–H groups in total. The molecule has 0 saturated carbocycles. The lowest BCUT2D eigenvalue weighted by Gasteiger charge is -2.31. The summed E-state index contributed by atoms with van der Waals surface area (Å²) in [6, 6.07) is 5.18. The quantitative estimate of drug-likeness (QED) is 0.916. The van der Waals surface area contributed by atoms with E-state index in [9.17, 15) is 9.59 Å². The number of hydrogen-bond donors (Lipinski definition) is 1. The predicted octanol–water partition coefficient (Wildman–Crippen LogP) is 2.56. The summed E-state index contributed by atoms with van der Waals surface area (Å²) in [4.78, 5) is 26.9. The topological polar surface area (TPSA) is 75.4 Å². The maximum Gasteiger partial charge on any atom is 0.263 e. The van der Waals surface area contributed by atoms with E-state index in [0.717, 1.165) is 0 Å². The summed E-state index contributed by atoms with van der Waals surface area (Å²) in [7, 11) is 0. The van der Waals surface area contributed by atoms with Crippen molar-refractivity contribution < 1.29 is 14.1 Å². The van der Waals surface area contributed by atoms with Gasteiger partial charge in [-0.05, 0) is 25.0 Å². The number of halogens is 1. The molecule has 2 aromatic heterocycles. The van der Waals surface area contributed by atoms with E-state index in [0.29, 0.717) is 47.4 Å². The second-order valence-corrected chi connectivity index (χ2v) is 7.08. The van der Waals surface area contributed by atoms with Crippen molar-refractivity contribution in [3.8, 4) is 0 Å². The molecule has 0 atom stereocenters. The van der Waals surface area contributed by atoms with Gasteiger partial charge in [-0.1, -0.05) is 16.8 Å². The molecule has 6 nitrogen and oxygen atoms in total. The first-order valence-electron chi connectivity index (χ1n) is 7.35. The maximum absolute atomic E-state index is 12.3. The second kappa shape index (κ2) is 7.14. The van der Waals surface area contributed by atoms with E-state index >= 15 is 0 Å². The number of hydrogen-bond acceptors (Lipinski definition) is 5. The monoisotopic (exact) mass is 353 g/mol. The summed E-state index contributed by atoms with van der Waals surface area (Å²) in [6.07, 6.45) is 2.86. The minimum Gasteiger partial charge on any atom is -0.360 e. The van der Waals surface area contributed by atoms with Crippen molar-refractivity contribution in [2.24, 2.45) is 5.92 Å². The minimum atomic E-state index is -0.0751. The van der Waals surface area contributed by atoms with Gasteiger partial charge in [-0.3, -0.25) is 9.59 Å². The summed E-state index contributed by atoms with van der Waals surface area (Å²) in [5.74, 6) is 0.532. The molecule has 3 rings (SSSR count). The predicted molar refractivity (Wildman–Crippen MR) is 86.3 cm³/mol. The summed E-state index contributed by atoms with van der Waals surface area (Å²) in [5, 5.41) is 6.44. The third kappa shape index (κ3) is 3.92. The molecule has 1 fully saturated rings. The molecule has 2 aromatic rings. The van der Waals surface area contributed by atoms with Gasteiger partial charge < -0.3 is 14.7 Å². The third-order valence-corrected chi connectivity index (χ3v) is 5.08. The van der Waals surface area contributed by atoms with E-state index in [4.69, 9.17) is 16.1 Å². The highest BCUT2D eigenvalue weighted by atomic mass is 35.5. The van der Waals surface area contributed by atoms with Crippen molar-refractivity contribution in [3.63, 3.8) is 0 Å². The molecule has 0 spiro atoms. The van der Waals surface area contributed by atoms with Crippen LogP contribution >= 0.6 is 22.9 Å². The number of carbonyl (C=O) groups is 2. The molecule has 1 aliphatic heterocycles. The van der Waals surface area contributed by atoms with Gasteiger partial charge in [0.1, 0.15) is 0 Å². The summed E-state index contributed by atoms with van der Waals surface area (Å²) >= 11 is 7.15. The van der Waals surface area contributed by atoms with Gasteiger partial charge >= 0.3 is 0 Å². The highest BCUT2D eigenvalue weighted by Gasteiger charge is 2.28. The van der Waals surface area contributed by atoms with Gasteiger partial charge in [0.2, 0.25) is 5.91 Å². The van der Waals surface area contributed by atoms with Crippen molar-refractivity contribution in [1.82, 2.24) is 15.4 Å². The Morgan fingerprint density at radius 1 is 1.35 bits per heavy atom. The van der Waals surface area contributed by atoms with Crippen LogP contribution in [0.25, 0.3) is 0 Å². The average molecular weight is 354 g/mol. The Morgan fingerprint density at radius 2 is 2.13 bits per heavy atom. The highest BCUT2D eigenvalue weighted by Crippen LogP contribution is 2.25. The molecule has 3 heterocycles. The van der Waals surface area contributed by atoms with E-state index in [1.807, 2.05) is 0 Å². The second-order valence-electron chi connectivity index (χ2n) is 5.37. The molecule has 1 saturated heterocycles. The van der Waals surface area contributed by atoms with Crippen LogP contribution < -0.4 is 5.32 Å². The zero-order valence-corrected chi connectivity index (χ0v) is 13.9. The van der Waals surface area contributed by atoms with Gasteiger partial charge in [0.25, 0.3) is 5.91 Å². The smallest absolute Gasteiger partial charge is 0.263 e. The molecular formula is C15H16ClN3O3S. The number of nitrogens with zero attached hydrogens (tertiary/aromatic N) is 2. The number of nitrogens with one attached hydrogen (secondary N) is 1. The van der Waals surface area contributed by atoms with E-state index in [2.05, 4.69) is 10.5 Å². The average Bonchev–Trinajstić information content (AvgIpc) is 3.23. The van der Waals surface area contributed by atoms with Gasteiger partial charge in [-0.2, -0.15) is 0 Å². The van der Waals surface area contributed by atoms with Gasteiger partial charge in [0, 0.05) is 25.1 Å². The molecule has 1 aliphatic rings. The van der Waals surface area contributed by atoms with Crippen LogP contribution in [0, 0.1) is 5.92 Å². The van der Waals surface area contributed by atoms with Crippen LogP contribution in [-0.2, 0) is 11.3 Å². The SMILES string of the molecule is O=C(NCc1ccno1)C1CCN(C(=O)c2ccc(Cl)s2)CC1. The molecule has 0 aliphatic carbocycles. The number of piperidine rings is 1. The molecular weight excluding hydrogens is 338 g/mol. The van der Waals surface area contributed by atoms with Crippen LogP contribution in [0.15, 0.2) is 28.9 Å². The van der Waals surface area contributed by atoms with Crippen LogP contribution in [0.4, 0.5) is 0 Å². The van der Waals surface area contributed by atoms with Gasteiger partial charge in [0.15, 0.2) is 5.76 Å². The zero-order chi connectivity index (χ0) is 16.2. The molecule has 2 amide bonds. The Morgan fingerprint density at radius 3 is 2.74 bits per heavy atom. The fourth-order valence-electron chi connectivity index (χ4n) is 2.58. The van der Waals surface area contributed by atoms with Crippen LogP contribution in [0.5, 0.6) is 0 Å². The fourth-order valence-corrected chi connectivity index (χ4v) is 3.59. The largest absolute Gasteiger partial charge is 0.360 e. The van der Waals surface area contributed by atoms with Crippen LogP contribution in [0.2, 0.25) is 4.34 Å². The summed E-state index contributed by atoms with van der Waals surface area (Å²) in [6.45, 7) is 1.50. The van der Waals surface area contributed by atoms with Gasteiger partial charge in [0.05, 0.1) is 22.0 Å². The van der Waals surface area contributed by atoms with Gasteiger partial charge in [-0.15, -0.1) is 11.3 Å². The molecule has 0 bridgehead atoms. The van der Waals surface area contributed by atoms with Crippen LogP contribution in [0.1, 0.15) is 28.3 Å². The molecule has 23 heavy (non-hydrogen) atoms. The van der Waals surface area contributed by atoms with Crippen molar-refractivity contribution in [2.75, 3.05) is 13.1 Å². The summed E-state index contributed by atoms with van der Waals surface area (Å²) < 4.78 is 5.55. The Bertz CT molecular complexity index is 678. The zero-order valence-electron chi connectivity index (χ0n) is 12.3. The number of amides is 2. The molecule has 8 heteroatoms. The lowest BCUT2D eigenvalue weighted by Crippen LogP contribution is -2.42.